The lowest BCUT2D eigenvalue weighted by Gasteiger charge is -2.10. The summed E-state index contributed by atoms with van der Waals surface area (Å²) in [6, 6.07) is 14.6. The number of carbonyl (C=O) groups excluding carboxylic acids is 1. The van der Waals surface area contributed by atoms with Crippen molar-refractivity contribution in [3.63, 3.8) is 0 Å². The van der Waals surface area contributed by atoms with Crippen molar-refractivity contribution in [2.45, 2.75) is 20.3 Å². The molecule has 4 aromatic rings. The zero-order chi connectivity index (χ0) is 22.1. The summed E-state index contributed by atoms with van der Waals surface area (Å²) in [4.78, 5) is 22.0. The van der Waals surface area contributed by atoms with Gasteiger partial charge in [-0.25, -0.2) is 9.97 Å². The summed E-state index contributed by atoms with van der Waals surface area (Å²) in [6.45, 7) is 3.93. The number of hydrogen-bond acceptors (Lipinski definition) is 4. The van der Waals surface area contributed by atoms with Crippen LogP contribution in [0.15, 0.2) is 48.5 Å². The third-order valence-corrected chi connectivity index (χ3v) is 5.70. The lowest BCUT2D eigenvalue weighted by molar-refractivity contribution is 0.102. The molecule has 1 amide bonds. The van der Waals surface area contributed by atoms with Crippen molar-refractivity contribution < 1.29 is 4.79 Å². The van der Waals surface area contributed by atoms with E-state index >= 15 is 0 Å². The average molecular weight is 454 g/mol. The monoisotopic (exact) mass is 453 g/mol. The molecule has 2 aromatic carbocycles. The van der Waals surface area contributed by atoms with Crippen molar-refractivity contribution >= 4 is 57.6 Å². The van der Waals surface area contributed by atoms with E-state index in [4.69, 9.17) is 23.2 Å². The number of fused-ring (bicyclic) bond motifs is 1. The van der Waals surface area contributed by atoms with Gasteiger partial charge in [-0.3, -0.25) is 4.79 Å². The SMILES string of the molecule is CCc1ccc(C)nc1NC(=O)c1ccc2c(c1)nc(Nc1c(Cl)cccc1Cl)n2C. The molecular formula is C23H21Cl2N5O. The first-order chi connectivity index (χ1) is 14.9. The Kier molecular flexibility index (Phi) is 5.85. The van der Waals surface area contributed by atoms with E-state index < -0.39 is 0 Å². The minimum absolute atomic E-state index is 0.232. The number of nitrogens with one attached hydrogen (secondary N) is 2. The van der Waals surface area contributed by atoms with Crippen molar-refractivity contribution in [3.8, 4) is 0 Å². The van der Waals surface area contributed by atoms with Crippen LogP contribution in [-0.4, -0.2) is 20.4 Å². The molecule has 0 bridgehead atoms. The number of rotatable bonds is 5. The molecular weight excluding hydrogens is 433 g/mol. The van der Waals surface area contributed by atoms with Gasteiger partial charge < -0.3 is 15.2 Å². The van der Waals surface area contributed by atoms with E-state index in [-0.39, 0.29) is 5.91 Å². The van der Waals surface area contributed by atoms with Gasteiger partial charge in [0.05, 0.1) is 26.8 Å². The summed E-state index contributed by atoms with van der Waals surface area (Å²) >= 11 is 12.5. The van der Waals surface area contributed by atoms with Crippen molar-refractivity contribution in [3.05, 3.63) is 75.4 Å². The van der Waals surface area contributed by atoms with E-state index in [2.05, 4.69) is 20.6 Å². The Morgan fingerprint density at radius 1 is 1.06 bits per heavy atom. The van der Waals surface area contributed by atoms with Crippen molar-refractivity contribution in [1.29, 1.82) is 0 Å². The summed E-state index contributed by atoms with van der Waals surface area (Å²) in [5.41, 5.74) is 4.46. The van der Waals surface area contributed by atoms with Gasteiger partial charge in [0.25, 0.3) is 5.91 Å². The van der Waals surface area contributed by atoms with Crippen LogP contribution in [0.3, 0.4) is 0 Å². The van der Waals surface area contributed by atoms with Gasteiger partial charge in [0.1, 0.15) is 5.82 Å². The van der Waals surface area contributed by atoms with Gasteiger partial charge >= 0.3 is 0 Å². The van der Waals surface area contributed by atoms with Gasteiger partial charge in [0.15, 0.2) is 0 Å². The average Bonchev–Trinajstić information content (AvgIpc) is 3.06. The van der Waals surface area contributed by atoms with Crippen LogP contribution in [0.5, 0.6) is 0 Å². The smallest absolute Gasteiger partial charge is 0.256 e. The summed E-state index contributed by atoms with van der Waals surface area (Å²) < 4.78 is 1.88. The number of imidazole rings is 1. The summed E-state index contributed by atoms with van der Waals surface area (Å²) in [6.07, 6.45) is 0.780. The van der Waals surface area contributed by atoms with Crippen LogP contribution in [0, 0.1) is 6.92 Å². The number of aromatic nitrogens is 3. The van der Waals surface area contributed by atoms with Gasteiger partial charge in [-0.2, -0.15) is 0 Å². The number of carbonyl (C=O) groups is 1. The molecule has 0 unspecified atom stereocenters. The number of aryl methyl sites for hydroxylation is 3. The Balaban J connectivity index is 1.64. The normalized spacial score (nSPS) is 11.0. The Morgan fingerprint density at radius 2 is 1.81 bits per heavy atom. The van der Waals surface area contributed by atoms with E-state index in [1.807, 2.05) is 43.7 Å². The molecule has 0 radical (unpaired) electrons. The van der Waals surface area contributed by atoms with Crippen LogP contribution in [0.25, 0.3) is 11.0 Å². The van der Waals surface area contributed by atoms with E-state index in [1.54, 1.807) is 30.3 Å². The molecule has 2 aromatic heterocycles. The summed E-state index contributed by atoms with van der Waals surface area (Å²) in [5.74, 6) is 0.921. The van der Waals surface area contributed by atoms with Gasteiger partial charge in [0.2, 0.25) is 5.95 Å². The zero-order valence-electron chi connectivity index (χ0n) is 17.3. The molecule has 2 heterocycles. The van der Waals surface area contributed by atoms with E-state index in [0.29, 0.717) is 38.6 Å². The third-order valence-electron chi connectivity index (χ3n) is 5.07. The molecule has 0 saturated heterocycles. The minimum atomic E-state index is -0.232. The summed E-state index contributed by atoms with van der Waals surface area (Å²) in [7, 11) is 1.88. The number of amides is 1. The molecule has 0 aliphatic rings. The summed E-state index contributed by atoms with van der Waals surface area (Å²) in [5, 5.41) is 7.10. The van der Waals surface area contributed by atoms with Crippen LogP contribution >= 0.6 is 23.2 Å². The molecule has 8 heteroatoms. The third kappa shape index (κ3) is 4.22. The first kappa shape index (κ1) is 21.2. The molecule has 0 fully saturated rings. The van der Waals surface area contributed by atoms with Crippen LogP contribution in [-0.2, 0) is 13.5 Å². The Labute approximate surface area is 190 Å². The Hall–Kier alpha value is -3.09. The standard InChI is InChI=1S/C23H21Cl2N5O/c1-4-14-9-8-13(2)26-21(14)29-22(31)15-10-11-19-18(12-15)27-23(30(19)3)28-20-16(24)6-5-7-17(20)25/h5-12H,4H2,1-3H3,(H,27,28)(H,26,29,31). The fourth-order valence-electron chi connectivity index (χ4n) is 3.34. The minimum Gasteiger partial charge on any atom is -0.323 e. The predicted octanol–water partition coefficient (Wildman–Crippen LogP) is 6.14. The second-order valence-electron chi connectivity index (χ2n) is 7.19. The molecule has 0 saturated carbocycles. The highest BCUT2D eigenvalue weighted by atomic mass is 35.5. The number of halogens is 2. The highest BCUT2D eigenvalue weighted by Crippen LogP contribution is 2.33. The molecule has 4 rings (SSSR count). The van der Waals surface area contributed by atoms with Crippen LogP contribution < -0.4 is 10.6 Å². The highest BCUT2D eigenvalue weighted by Gasteiger charge is 2.15. The van der Waals surface area contributed by atoms with Crippen molar-refractivity contribution in [1.82, 2.24) is 14.5 Å². The number of benzene rings is 2. The quantitative estimate of drug-likeness (QED) is 0.380. The zero-order valence-corrected chi connectivity index (χ0v) is 18.8. The number of hydrogen-bond donors (Lipinski definition) is 2. The molecule has 158 valence electrons. The van der Waals surface area contributed by atoms with Gasteiger partial charge in [-0.15, -0.1) is 0 Å². The Bertz CT molecular complexity index is 1280. The second kappa shape index (κ2) is 8.57. The maximum Gasteiger partial charge on any atom is 0.256 e. The van der Waals surface area contributed by atoms with Crippen LogP contribution in [0.2, 0.25) is 10.0 Å². The van der Waals surface area contributed by atoms with Crippen molar-refractivity contribution in [2.24, 2.45) is 7.05 Å². The molecule has 0 atom stereocenters. The van der Waals surface area contributed by atoms with Gasteiger partial charge in [-0.1, -0.05) is 42.3 Å². The second-order valence-corrected chi connectivity index (χ2v) is 8.00. The molecule has 6 nitrogen and oxygen atoms in total. The number of anilines is 3. The number of para-hydroxylation sites is 1. The van der Waals surface area contributed by atoms with Gasteiger partial charge in [0, 0.05) is 18.3 Å². The van der Waals surface area contributed by atoms with Crippen LogP contribution in [0.1, 0.15) is 28.5 Å². The maximum atomic E-state index is 12.9. The predicted molar refractivity (Wildman–Crippen MR) is 127 cm³/mol. The number of nitrogens with zero attached hydrogens (tertiary/aromatic N) is 3. The topological polar surface area (TPSA) is 71.8 Å². The maximum absolute atomic E-state index is 12.9. The van der Waals surface area contributed by atoms with E-state index in [0.717, 1.165) is 23.2 Å². The number of pyridine rings is 1. The van der Waals surface area contributed by atoms with Crippen molar-refractivity contribution in [2.75, 3.05) is 10.6 Å². The van der Waals surface area contributed by atoms with E-state index in [1.165, 1.54) is 0 Å². The lowest BCUT2D eigenvalue weighted by Crippen LogP contribution is -2.14. The first-order valence-electron chi connectivity index (χ1n) is 9.82. The fraction of sp³-hybridized carbons (Fsp3) is 0.174. The van der Waals surface area contributed by atoms with Crippen LogP contribution in [0.4, 0.5) is 17.5 Å². The molecule has 2 N–H and O–H groups in total. The molecule has 0 aliphatic carbocycles. The largest absolute Gasteiger partial charge is 0.323 e. The van der Waals surface area contributed by atoms with Gasteiger partial charge in [-0.05, 0) is 55.3 Å². The molecule has 0 aliphatic heterocycles. The Morgan fingerprint density at radius 3 is 2.52 bits per heavy atom. The first-order valence-corrected chi connectivity index (χ1v) is 10.6. The van der Waals surface area contributed by atoms with E-state index in [9.17, 15) is 4.79 Å². The fourth-order valence-corrected chi connectivity index (χ4v) is 3.83. The molecule has 31 heavy (non-hydrogen) atoms. The highest BCUT2D eigenvalue weighted by molar-refractivity contribution is 6.39. The molecule has 0 spiro atoms. The lowest BCUT2D eigenvalue weighted by atomic mass is 10.1.